The van der Waals surface area contributed by atoms with Gasteiger partial charge in [-0.05, 0) is 37.7 Å². The van der Waals surface area contributed by atoms with Crippen LogP contribution in [0.2, 0.25) is 0 Å². The summed E-state index contributed by atoms with van der Waals surface area (Å²) in [7, 11) is 0. The van der Waals surface area contributed by atoms with Crippen molar-refractivity contribution in [2.24, 2.45) is 5.73 Å². The fraction of sp³-hybridized carbons (Fsp3) is 0.462. The molecule has 1 amide bonds. The van der Waals surface area contributed by atoms with Gasteiger partial charge in [0.05, 0.1) is 5.75 Å². The maximum Gasteiger partial charge on any atom is 0.234 e. The van der Waals surface area contributed by atoms with Crippen LogP contribution >= 0.6 is 11.8 Å². The van der Waals surface area contributed by atoms with Crippen LogP contribution < -0.4 is 11.1 Å². The van der Waals surface area contributed by atoms with Crippen LogP contribution in [-0.2, 0) is 4.79 Å². The van der Waals surface area contributed by atoms with Crippen LogP contribution in [0.4, 0.5) is 5.69 Å². The highest BCUT2D eigenvalue weighted by Crippen LogP contribution is 2.13. The number of para-hydroxylation sites is 1. The standard InChI is InChI=1S/C13H20N2OS/c1-10-5-3-4-6-12(10)15-13(16)9-17-8-7-11(2)14/h3-6,11H,7-9,14H2,1-2H3,(H,15,16). The van der Waals surface area contributed by atoms with Crippen LogP contribution in [-0.4, -0.2) is 23.5 Å². The summed E-state index contributed by atoms with van der Waals surface area (Å²) < 4.78 is 0. The second-order valence-electron chi connectivity index (χ2n) is 4.18. The Labute approximate surface area is 107 Å². The Morgan fingerprint density at radius 2 is 2.18 bits per heavy atom. The van der Waals surface area contributed by atoms with E-state index >= 15 is 0 Å². The zero-order chi connectivity index (χ0) is 12.7. The molecule has 1 aromatic carbocycles. The van der Waals surface area contributed by atoms with E-state index < -0.39 is 0 Å². The number of rotatable bonds is 6. The minimum atomic E-state index is 0.0500. The molecule has 1 aromatic rings. The second-order valence-corrected chi connectivity index (χ2v) is 5.29. The van der Waals surface area contributed by atoms with Gasteiger partial charge >= 0.3 is 0 Å². The molecule has 0 saturated heterocycles. The van der Waals surface area contributed by atoms with Gasteiger partial charge in [-0.15, -0.1) is 0 Å². The van der Waals surface area contributed by atoms with E-state index in [1.165, 1.54) is 0 Å². The highest BCUT2D eigenvalue weighted by molar-refractivity contribution is 7.99. The van der Waals surface area contributed by atoms with Crippen molar-refractivity contribution in [3.05, 3.63) is 29.8 Å². The number of aryl methyl sites for hydroxylation is 1. The number of carbonyl (C=O) groups excluding carboxylic acids is 1. The van der Waals surface area contributed by atoms with Crippen LogP contribution in [0.3, 0.4) is 0 Å². The quantitative estimate of drug-likeness (QED) is 0.764. The molecule has 0 fully saturated rings. The first-order chi connectivity index (χ1) is 8.09. The summed E-state index contributed by atoms with van der Waals surface area (Å²) in [6.07, 6.45) is 0.947. The molecule has 1 rings (SSSR count). The van der Waals surface area contributed by atoms with E-state index in [2.05, 4.69) is 5.32 Å². The molecule has 3 nitrogen and oxygen atoms in total. The molecule has 1 atom stereocenters. The van der Waals surface area contributed by atoms with E-state index in [9.17, 15) is 4.79 Å². The fourth-order valence-corrected chi connectivity index (χ4v) is 2.27. The van der Waals surface area contributed by atoms with E-state index in [4.69, 9.17) is 5.73 Å². The molecule has 1 unspecified atom stereocenters. The summed E-state index contributed by atoms with van der Waals surface area (Å²) in [6, 6.07) is 7.99. The van der Waals surface area contributed by atoms with Crippen molar-refractivity contribution in [1.29, 1.82) is 0 Å². The highest BCUT2D eigenvalue weighted by Gasteiger charge is 2.04. The summed E-state index contributed by atoms with van der Waals surface area (Å²) in [5.74, 6) is 1.47. The number of benzene rings is 1. The van der Waals surface area contributed by atoms with Gasteiger partial charge in [-0.2, -0.15) is 11.8 Å². The molecule has 4 heteroatoms. The molecule has 0 heterocycles. The summed E-state index contributed by atoms with van der Waals surface area (Å²) in [4.78, 5) is 11.6. The van der Waals surface area contributed by atoms with Crippen molar-refractivity contribution >= 4 is 23.4 Å². The van der Waals surface area contributed by atoms with Crippen LogP contribution in [0.15, 0.2) is 24.3 Å². The zero-order valence-corrected chi connectivity index (χ0v) is 11.2. The lowest BCUT2D eigenvalue weighted by Gasteiger charge is -2.08. The first kappa shape index (κ1) is 14.1. The Morgan fingerprint density at radius 3 is 2.82 bits per heavy atom. The van der Waals surface area contributed by atoms with Crippen LogP contribution in [0.25, 0.3) is 0 Å². The molecule has 17 heavy (non-hydrogen) atoms. The smallest absolute Gasteiger partial charge is 0.234 e. The highest BCUT2D eigenvalue weighted by atomic mass is 32.2. The van der Waals surface area contributed by atoms with Crippen LogP contribution in [0, 0.1) is 6.92 Å². The molecule has 0 spiro atoms. The number of anilines is 1. The third-order valence-electron chi connectivity index (χ3n) is 2.37. The van der Waals surface area contributed by atoms with Crippen LogP contribution in [0.5, 0.6) is 0 Å². The molecule has 3 N–H and O–H groups in total. The third kappa shape index (κ3) is 5.75. The molecular formula is C13H20N2OS. The Kier molecular flexibility index (Phi) is 6.08. The van der Waals surface area contributed by atoms with Crippen molar-refractivity contribution in [3.63, 3.8) is 0 Å². The maximum absolute atomic E-state index is 11.6. The van der Waals surface area contributed by atoms with Gasteiger partial charge in [-0.1, -0.05) is 18.2 Å². The lowest BCUT2D eigenvalue weighted by Crippen LogP contribution is -2.17. The van der Waals surface area contributed by atoms with Crippen molar-refractivity contribution in [1.82, 2.24) is 0 Å². The Balaban J connectivity index is 2.28. The summed E-state index contributed by atoms with van der Waals surface area (Å²) >= 11 is 1.62. The monoisotopic (exact) mass is 252 g/mol. The Bertz CT molecular complexity index is 366. The molecular weight excluding hydrogens is 232 g/mol. The number of nitrogens with two attached hydrogens (primary N) is 1. The van der Waals surface area contributed by atoms with Crippen LogP contribution in [0.1, 0.15) is 18.9 Å². The van der Waals surface area contributed by atoms with Gasteiger partial charge in [0.25, 0.3) is 0 Å². The van der Waals surface area contributed by atoms with Gasteiger partial charge in [0, 0.05) is 11.7 Å². The first-order valence-corrected chi connectivity index (χ1v) is 6.94. The number of hydrogen-bond donors (Lipinski definition) is 2. The molecule has 0 bridgehead atoms. The number of hydrogen-bond acceptors (Lipinski definition) is 3. The average Bonchev–Trinajstić information content (AvgIpc) is 2.27. The summed E-state index contributed by atoms with van der Waals surface area (Å²) in [5, 5.41) is 2.91. The van der Waals surface area contributed by atoms with Gasteiger partial charge in [0.2, 0.25) is 5.91 Å². The van der Waals surface area contributed by atoms with E-state index in [-0.39, 0.29) is 11.9 Å². The predicted molar refractivity (Wildman–Crippen MR) is 75.4 cm³/mol. The van der Waals surface area contributed by atoms with Crippen molar-refractivity contribution in [3.8, 4) is 0 Å². The Hall–Kier alpha value is -1.000. The molecule has 0 saturated carbocycles. The van der Waals surface area contributed by atoms with Gasteiger partial charge < -0.3 is 11.1 Å². The largest absolute Gasteiger partial charge is 0.328 e. The van der Waals surface area contributed by atoms with E-state index in [0.29, 0.717) is 5.75 Å². The topological polar surface area (TPSA) is 55.1 Å². The van der Waals surface area contributed by atoms with E-state index in [0.717, 1.165) is 23.4 Å². The van der Waals surface area contributed by atoms with E-state index in [1.54, 1.807) is 11.8 Å². The molecule has 0 aliphatic carbocycles. The molecule has 0 aliphatic rings. The number of carbonyl (C=O) groups is 1. The van der Waals surface area contributed by atoms with Gasteiger partial charge in [-0.3, -0.25) is 4.79 Å². The molecule has 0 aliphatic heterocycles. The minimum absolute atomic E-state index is 0.0500. The lowest BCUT2D eigenvalue weighted by atomic mass is 10.2. The molecule has 0 aromatic heterocycles. The predicted octanol–water partition coefficient (Wildman–Crippen LogP) is 2.40. The first-order valence-electron chi connectivity index (χ1n) is 5.78. The fourth-order valence-electron chi connectivity index (χ4n) is 1.33. The van der Waals surface area contributed by atoms with Crippen molar-refractivity contribution in [2.75, 3.05) is 16.8 Å². The van der Waals surface area contributed by atoms with Gasteiger partial charge in [0.15, 0.2) is 0 Å². The number of amides is 1. The minimum Gasteiger partial charge on any atom is -0.328 e. The summed E-state index contributed by atoms with van der Waals surface area (Å²) in [5.41, 5.74) is 7.62. The van der Waals surface area contributed by atoms with Gasteiger partial charge in [-0.25, -0.2) is 0 Å². The normalized spacial score (nSPS) is 12.2. The molecule has 94 valence electrons. The average molecular weight is 252 g/mol. The number of thioether (sulfide) groups is 1. The maximum atomic E-state index is 11.6. The summed E-state index contributed by atoms with van der Waals surface area (Å²) in [6.45, 7) is 3.97. The third-order valence-corrected chi connectivity index (χ3v) is 3.36. The zero-order valence-electron chi connectivity index (χ0n) is 10.4. The lowest BCUT2D eigenvalue weighted by molar-refractivity contribution is -0.113. The number of nitrogens with one attached hydrogen (secondary N) is 1. The molecule has 0 radical (unpaired) electrons. The van der Waals surface area contributed by atoms with Crippen molar-refractivity contribution < 1.29 is 4.79 Å². The second kappa shape index (κ2) is 7.35. The SMILES string of the molecule is Cc1ccccc1NC(=O)CSCCC(C)N. The van der Waals surface area contributed by atoms with E-state index in [1.807, 2.05) is 38.1 Å². The Morgan fingerprint density at radius 1 is 1.47 bits per heavy atom. The van der Waals surface area contributed by atoms with Crippen molar-refractivity contribution in [2.45, 2.75) is 26.3 Å². The van der Waals surface area contributed by atoms with Gasteiger partial charge in [0.1, 0.15) is 0 Å².